The Balaban J connectivity index is 1.76. The Morgan fingerprint density at radius 2 is 1.88 bits per heavy atom. The minimum atomic E-state index is -0.295. The molecule has 0 unspecified atom stereocenters. The van der Waals surface area contributed by atoms with E-state index in [1.54, 1.807) is 19.1 Å². The summed E-state index contributed by atoms with van der Waals surface area (Å²) >= 11 is 6.20. The highest BCUT2D eigenvalue weighted by Crippen LogP contribution is 2.30. The summed E-state index contributed by atoms with van der Waals surface area (Å²) in [7, 11) is 0. The van der Waals surface area contributed by atoms with Gasteiger partial charge in [-0.15, -0.1) is 0 Å². The fraction of sp³-hybridized carbons (Fsp3) is 0.100. The van der Waals surface area contributed by atoms with Gasteiger partial charge in [-0.3, -0.25) is 4.79 Å². The maximum atomic E-state index is 12.5. The number of carbonyl (C=O) groups excluding carboxylic acids is 1. The van der Waals surface area contributed by atoms with E-state index in [-0.39, 0.29) is 12.5 Å². The van der Waals surface area contributed by atoms with Crippen molar-refractivity contribution >= 4 is 17.5 Å². The average molecular weight is 351 g/mol. The number of nitrogens with one attached hydrogen (secondary N) is 1. The molecule has 25 heavy (non-hydrogen) atoms. The lowest BCUT2D eigenvalue weighted by Gasteiger charge is -2.04. The minimum Gasteiger partial charge on any atom is -0.360 e. The molecular formula is C20H15ClN2O2. The molecule has 0 fully saturated rings. The molecule has 2 aromatic carbocycles. The molecule has 3 rings (SSSR count). The maximum absolute atomic E-state index is 12.5. The van der Waals surface area contributed by atoms with Gasteiger partial charge in [0.05, 0.1) is 11.6 Å². The van der Waals surface area contributed by atoms with Crippen LogP contribution in [-0.4, -0.2) is 17.6 Å². The van der Waals surface area contributed by atoms with E-state index in [1.807, 2.05) is 42.5 Å². The van der Waals surface area contributed by atoms with Crippen molar-refractivity contribution in [3.8, 4) is 23.1 Å². The molecule has 1 heterocycles. The van der Waals surface area contributed by atoms with E-state index in [1.165, 1.54) is 0 Å². The van der Waals surface area contributed by atoms with E-state index in [4.69, 9.17) is 16.1 Å². The highest BCUT2D eigenvalue weighted by atomic mass is 35.5. The van der Waals surface area contributed by atoms with Crippen molar-refractivity contribution < 1.29 is 9.32 Å². The molecule has 0 radical (unpaired) electrons. The standard InChI is InChI=1S/C20H15ClN2O2/c1-14-18(19(23-25-14)16-11-5-6-12-17(16)21)20(24)22-13-7-10-15-8-3-2-4-9-15/h2-6,8-9,11-12H,13H2,1H3,(H,22,24). The van der Waals surface area contributed by atoms with Crippen LogP contribution in [0.2, 0.25) is 5.02 Å². The molecule has 124 valence electrons. The second-order valence-corrected chi connectivity index (χ2v) is 5.70. The number of halogens is 1. The van der Waals surface area contributed by atoms with Crippen molar-refractivity contribution in [1.29, 1.82) is 0 Å². The molecule has 3 aromatic rings. The van der Waals surface area contributed by atoms with Gasteiger partial charge in [-0.2, -0.15) is 0 Å². The van der Waals surface area contributed by atoms with Crippen molar-refractivity contribution in [2.45, 2.75) is 6.92 Å². The number of benzene rings is 2. The summed E-state index contributed by atoms with van der Waals surface area (Å²) in [5, 5.41) is 7.27. The molecular weight excluding hydrogens is 336 g/mol. The van der Waals surface area contributed by atoms with Gasteiger partial charge >= 0.3 is 0 Å². The monoisotopic (exact) mass is 350 g/mol. The fourth-order valence-electron chi connectivity index (χ4n) is 2.36. The molecule has 0 aliphatic rings. The Hall–Kier alpha value is -3.03. The van der Waals surface area contributed by atoms with Gasteiger partial charge in [0.15, 0.2) is 0 Å². The predicted octanol–water partition coefficient (Wildman–Crippen LogP) is 4.08. The lowest BCUT2D eigenvalue weighted by Crippen LogP contribution is -2.24. The second-order valence-electron chi connectivity index (χ2n) is 5.29. The van der Waals surface area contributed by atoms with Crippen molar-refractivity contribution in [2.75, 3.05) is 6.54 Å². The van der Waals surface area contributed by atoms with Crippen LogP contribution >= 0.6 is 11.6 Å². The van der Waals surface area contributed by atoms with Gasteiger partial charge in [0.25, 0.3) is 5.91 Å². The highest BCUT2D eigenvalue weighted by Gasteiger charge is 2.22. The molecule has 0 bridgehead atoms. The third-order valence-electron chi connectivity index (χ3n) is 3.56. The van der Waals surface area contributed by atoms with Gasteiger partial charge in [0.2, 0.25) is 0 Å². The van der Waals surface area contributed by atoms with E-state index < -0.39 is 0 Å². The van der Waals surface area contributed by atoms with Crippen LogP contribution in [0.4, 0.5) is 0 Å². The second kappa shape index (κ2) is 7.69. The molecule has 0 aliphatic heterocycles. The van der Waals surface area contributed by atoms with Crippen molar-refractivity contribution in [3.63, 3.8) is 0 Å². The summed E-state index contributed by atoms with van der Waals surface area (Å²) in [5.74, 6) is 6.05. The molecule has 5 heteroatoms. The van der Waals surface area contributed by atoms with Gasteiger partial charge in [-0.25, -0.2) is 0 Å². The van der Waals surface area contributed by atoms with Crippen LogP contribution in [0.1, 0.15) is 21.7 Å². The lowest BCUT2D eigenvalue weighted by molar-refractivity contribution is 0.0957. The largest absolute Gasteiger partial charge is 0.360 e. The number of nitrogens with zero attached hydrogens (tertiary/aromatic N) is 1. The molecule has 0 atom stereocenters. The summed E-state index contributed by atoms with van der Waals surface area (Å²) in [6.07, 6.45) is 0. The van der Waals surface area contributed by atoms with Crippen molar-refractivity contribution in [3.05, 3.63) is 76.5 Å². The summed E-state index contributed by atoms with van der Waals surface area (Å²) in [4.78, 5) is 12.5. The molecule has 1 amide bonds. The highest BCUT2D eigenvalue weighted by molar-refractivity contribution is 6.33. The van der Waals surface area contributed by atoms with E-state index in [9.17, 15) is 4.79 Å². The Kier molecular flexibility index (Phi) is 5.17. The first-order chi connectivity index (χ1) is 12.2. The molecule has 1 N–H and O–H groups in total. The topological polar surface area (TPSA) is 55.1 Å². The molecule has 0 spiro atoms. The third-order valence-corrected chi connectivity index (χ3v) is 3.89. The normalized spacial score (nSPS) is 10.0. The molecule has 1 aromatic heterocycles. The number of aromatic nitrogens is 1. The minimum absolute atomic E-state index is 0.223. The van der Waals surface area contributed by atoms with Crippen LogP contribution in [0.25, 0.3) is 11.3 Å². The summed E-state index contributed by atoms with van der Waals surface area (Å²) < 4.78 is 5.20. The van der Waals surface area contributed by atoms with Crippen LogP contribution in [-0.2, 0) is 0 Å². The Labute approximate surface area is 150 Å². The smallest absolute Gasteiger partial charge is 0.257 e. The maximum Gasteiger partial charge on any atom is 0.257 e. The summed E-state index contributed by atoms with van der Waals surface area (Å²) in [5.41, 5.74) is 2.35. The van der Waals surface area contributed by atoms with Crippen LogP contribution < -0.4 is 5.32 Å². The number of hydrogen-bond acceptors (Lipinski definition) is 3. The van der Waals surface area contributed by atoms with Crippen LogP contribution in [0.15, 0.2) is 59.1 Å². The Morgan fingerprint density at radius 3 is 2.64 bits per heavy atom. The van der Waals surface area contributed by atoms with Crippen LogP contribution in [0, 0.1) is 18.8 Å². The van der Waals surface area contributed by atoms with E-state index in [2.05, 4.69) is 22.3 Å². The summed E-state index contributed by atoms with van der Waals surface area (Å²) in [6, 6.07) is 16.8. The van der Waals surface area contributed by atoms with E-state index in [0.717, 1.165) is 5.56 Å². The van der Waals surface area contributed by atoms with Gasteiger partial charge in [0, 0.05) is 11.1 Å². The average Bonchev–Trinajstić information content (AvgIpc) is 3.01. The predicted molar refractivity (Wildman–Crippen MR) is 97.3 cm³/mol. The fourth-order valence-corrected chi connectivity index (χ4v) is 2.58. The third kappa shape index (κ3) is 3.90. The molecule has 0 saturated carbocycles. The van der Waals surface area contributed by atoms with E-state index in [0.29, 0.717) is 27.6 Å². The number of carbonyl (C=O) groups is 1. The van der Waals surface area contributed by atoms with Crippen molar-refractivity contribution in [2.24, 2.45) is 0 Å². The quantitative estimate of drug-likeness (QED) is 0.724. The summed E-state index contributed by atoms with van der Waals surface area (Å²) in [6.45, 7) is 1.91. The zero-order valence-corrected chi connectivity index (χ0v) is 14.3. The molecule has 0 aliphatic carbocycles. The molecule has 4 nitrogen and oxygen atoms in total. The number of hydrogen-bond donors (Lipinski definition) is 1. The number of aryl methyl sites for hydroxylation is 1. The van der Waals surface area contributed by atoms with Crippen LogP contribution in [0.5, 0.6) is 0 Å². The first kappa shape index (κ1) is 16.8. The van der Waals surface area contributed by atoms with Gasteiger partial charge < -0.3 is 9.84 Å². The first-order valence-electron chi connectivity index (χ1n) is 7.70. The molecule has 0 saturated heterocycles. The SMILES string of the molecule is Cc1onc(-c2ccccc2Cl)c1C(=O)NCC#Cc1ccccc1. The van der Waals surface area contributed by atoms with Gasteiger partial charge in [-0.05, 0) is 25.1 Å². The lowest BCUT2D eigenvalue weighted by atomic mass is 10.1. The first-order valence-corrected chi connectivity index (χ1v) is 8.08. The van der Waals surface area contributed by atoms with Crippen LogP contribution in [0.3, 0.4) is 0 Å². The van der Waals surface area contributed by atoms with Gasteiger partial charge in [-0.1, -0.05) is 65.0 Å². The van der Waals surface area contributed by atoms with E-state index >= 15 is 0 Å². The Bertz CT molecular complexity index is 953. The van der Waals surface area contributed by atoms with Crippen molar-refractivity contribution in [1.82, 2.24) is 10.5 Å². The zero-order chi connectivity index (χ0) is 17.6. The Morgan fingerprint density at radius 1 is 1.16 bits per heavy atom. The van der Waals surface area contributed by atoms with Gasteiger partial charge in [0.1, 0.15) is 17.0 Å². The zero-order valence-electron chi connectivity index (χ0n) is 13.5. The number of amides is 1. The number of rotatable bonds is 3.